The smallest absolute Gasteiger partial charge is 0.217 e. The molecule has 0 radical (unpaired) electrons. The van der Waals surface area contributed by atoms with E-state index in [0.717, 1.165) is 0 Å². The number of carbonyl (C=O) groups is 1. The van der Waals surface area contributed by atoms with E-state index in [1.807, 2.05) is 0 Å². The first-order valence-electron chi connectivity index (χ1n) is 5.25. The topological polar surface area (TPSA) is 61.8 Å². The van der Waals surface area contributed by atoms with E-state index < -0.39 is 6.29 Å². The number of carbonyl (C=O) groups excluding carboxylic acids is 1. The van der Waals surface area contributed by atoms with Gasteiger partial charge in [0.15, 0.2) is 29.3 Å². The molecule has 3 rings (SSSR count). The Morgan fingerprint density at radius 2 is 1.71 bits per heavy atom. The lowest BCUT2D eigenvalue weighted by Gasteiger charge is -2.03. The Labute approximate surface area is 96.9 Å². The molecule has 2 aromatic heterocycles. The minimum Gasteiger partial charge on any atom is -0.452 e. The van der Waals surface area contributed by atoms with Gasteiger partial charge in [-0.3, -0.25) is 4.79 Å². The van der Waals surface area contributed by atoms with Gasteiger partial charge in [0.25, 0.3) is 0 Å². The van der Waals surface area contributed by atoms with Crippen molar-refractivity contribution in [3.63, 3.8) is 0 Å². The summed E-state index contributed by atoms with van der Waals surface area (Å²) in [7, 11) is 0. The SMILES string of the molecule is O=Cc1ccc(-c2ccc(C3OCCO3)o2)o1. The summed E-state index contributed by atoms with van der Waals surface area (Å²) >= 11 is 0. The average molecular weight is 234 g/mol. The molecule has 3 heterocycles. The van der Waals surface area contributed by atoms with Crippen LogP contribution in [0.15, 0.2) is 33.1 Å². The van der Waals surface area contributed by atoms with Gasteiger partial charge >= 0.3 is 0 Å². The molecule has 0 amide bonds. The van der Waals surface area contributed by atoms with E-state index in [1.54, 1.807) is 24.3 Å². The van der Waals surface area contributed by atoms with Crippen molar-refractivity contribution in [1.82, 2.24) is 0 Å². The molecule has 0 saturated carbocycles. The molecule has 0 aliphatic carbocycles. The summed E-state index contributed by atoms with van der Waals surface area (Å²) < 4.78 is 21.4. The van der Waals surface area contributed by atoms with Gasteiger partial charge in [0.2, 0.25) is 6.29 Å². The van der Waals surface area contributed by atoms with Gasteiger partial charge in [-0.1, -0.05) is 0 Å². The third-order valence-corrected chi connectivity index (χ3v) is 2.47. The van der Waals surface area contributed by atoms with E-state index in [0.29, 0.717) is 36.8 Å². The van der Waals surface area contributed by atoms with Crippen LogP contribution in [0.1, 0.15) is 22.6 Å². The van der Waals surface area contributed by atoms with E-state index in [4.69, 9.17) is 18.3 Å². The molecule has 0 atom stereocenters. The molecule has 0 spiro atoms. The Hall–Kier alpha value is -1.85. The van der Waals surface area contributed by atoms with Crippen LogP contribution in [0.3, 0.4) is 0 Å². The Morgan fingerprint density at radius 3 is 2.41 bits per heavy atom. The zero-order valence-electron chi connectivity index (χ0n) is 8.92. The highest BCUT2D eigenvalue weighted by Gasteiger charge is 2.22. The Bertz CT molecular complexity index is 518. The fourth-order valence-corrected chi connectivity index (χ4v) is 1.68. The molecule has 2 aromatic rings. The standard InChI is InChI=1S/C12H10O5/c13-7-8-1-2-9(16-8)10-3-4-11(17-10)12-14-5-6-15-12/h1-4,7,12H,5-6H2. The molecule has 0 N–H and O–H groups in total. The van der Waals surface area contributed by atoms with Crippen LogP contribution < -0.4 is 0 Å². The summed E-state index contributed by atoms with van der Waals surface area (Å²) in [4.78, 5) is 10.5. The van der Waals surface area contributed by atoms with Crippen molar-refractivity contribution >= 4 is 6.29 Å². The number of ether oxygens (including phenoxy) is 2. The molecule has 88 valence electrons. The van der Waals surface area contributed by atoms with Crippen molar-refractivity contribution in [2.45, 2.75) is 6.29 Å². The molecule has 0 aromatic carbocycles. The Kier molecular flexibility index (Phi) is 2.55. The average Bonchev–Trinajstić information content (AvgIpc) is 3.09. The van der Waals surface area contributed by atoms with Crippen LogP contribution in [0.5, 0.6) is 0 Å². The molecule has 0 bridgehead atoms. The molecular weight excluding hydrogens is 224 g/mol. The lowest BCUT2D eigenvalue weighted by molar-refractivity contribution is -0.0585. The number of rotatable bonds is 3. The zero-order valence-corrected chi connectivity index (χ0v) is 8.92. The van der Waals surface area contributed by atoms with Gasteiger partial charge in [-0.05, 0) is 24.3 Å². The molecule has 1 fully saturated rings. The first kappa shape index (κ1) is 10.3. The predicted molar refractivity (Wildman–Crippen MR) is 56.4 cm³/mol. The fraction of sp³-hybridized carbons (Fsp3) is 0.250. The maximum atomic E-state index is 10.5. The highest BCUT2D eigenvalue weighted by molar-refractivity contribution is 5.72. The van der Waals surface area contributed by atoms with Gasteiger partial charge in [-0.15, -0.1) is 0 Å². The van der Waals surface area contributed by atoms with Gasteiger partial charge in [0, 0.05) is 0 Å². The minimum atomic E-state index is -0.441. The van der Waals surface area contributed by atoms with Crippen molar-refractivity contribution in [2.75, 3.05) is 13.2 Å². The van der Waals surface area contributed by atoms with Crippen molar-refractivity contribution < 1.29 is 23.1 Å². The molecule has 1 aliphatic heterocycles. The van der Waals surface area contributed by atoms with Crippen LogP contribution in [0.2, 0.25) is 0 Å². The number of furan rings is 2. The Balaban J connectivity index is 1.86. The third kappa shape index (κ3) is 1.90. The van der Waals surface area contributed by atoms with Crippen LogP contribution in [-0.2, 0) is 9.47 Å². The van der Waals surface area contributed by atoms with Gasteiger partial charge in [0.05, 0.1) is 13.2 Å². The van der Waals surface area contributed by atoms with Crippen molar-refractivity contribution in [2.24, 2.45) is 0 Å². The Morgan fingerprint density at radius 1 is 1.00 bits per heavy atom. The fourth-order valence-electron chi connectivity index (χ4n) is 1.68. The molecule has 1 saturated heterocycles. The second kappa shape index (κ2) is 4.20. The zero-order chi connectivity index (χ0) is 11.7. The normalized spacial score (nSPS) is 16.5. The lowest BCUT2D eigenvalue weighted by Crippen LogP contribution is -1.94. The second-order valence-corrected chi connectivity index (χ2v) is 3.60. The van der Waals surface area contributed by atoms with Crippen LogP contribution in [-0.4, -0.2) is 19.5 Å². The maximum absolute atomic E-state index is 10.5. The number of hydrogen-bond donors (Lipinski definition) is 0. The maximum Gasteiger partial charge on any atom is 0.217 e. The largest absolute Gasteiger partial charge is 0.452 e. The second-order valence-electron chi connectivity index (χ2n) is 3.60. The predicted octanol–water partition coefficient (Wildman–Crippen LogP) is 2.40. The summed E-state index contributed by atoms with van der Waals surface area (Å²) in [6, 6.07) is 6.80. The summed E-state index contributed by atoms with van der Waals surface area (Å²) in [5, 5.41) is 0. The van der Waals surface area contributed by atoms with Gasteiger partial charge in [0.1, 0.15) is 0 Å². The first-order valence-corrected chi connectivity index (χ1v) is 5.25. The number of aldehydes is 1. The van der Waals surface area contributed by atoms with Crippen LogP contribution in [0.4, 0.5) is 0 Å². The van der Waals surface area contributed by atoms with Crippen molar-refractivity contribution in [3.05, 3.63) is 35.8 Å². The lowest BCUT2D eigenvalue weighted by atomic mass is 10.3. The van der Waals surface area contributed by atoms with E-state index in [2.05, 4.69) is 0 Å². The van der Waals surface area contributed by atoms with Gasteiger partial charge in [-0.25, -0.2) is 0 Å². The highest BCUT2D eigenvalue weighted by Crippen LogP contribution is 2.30. The molecule has 5 heteroatoms. The van der Waals surface area contributed by atoms with E-state index in [9.17, 15) is 4.79 Å². The van der Waals surface area contributed by atoms with Gasteiger partial charge < -0.3 is 18.3 Å². The molecule has 1 aliphatic rings. The molecule has 5 nitrogen and oxygen atoms in total. The highest BCUT2D eigenvalue weighted by atomic mass is 16.7. The van der Waals surface area contributed by atoms with Gasteiger partial charge in [-0.2, -0.15) is 0 Å². The van der Waals surface area contributed by atoms with Crippen molar-refractivity contribution in [1.29, 1.82) is 0 Å². The monoisotopic (exact) mass is 234 g/mol. The van der Waals surface area contributed by atoms with Crippen LogP contribution in [0.25, 0.3) is 11.5 Å². The van der Waals surface area contributed by atoms with Crippen molar-refractivity contribution in [3.8, 4) is 11.5 Å². The third-order valence-electron chi connectivity index (χ3n) is 2.47. The molecular formula is C12H10O5. The summed E-state index contributed by atoms with van der Waals surface area (Å²) in [6.45, 7) is 1.13. The van der Waals surface area contributed by atoms with E-state index in [1.165, 1.54) is 0 Å². The summed E-state index contributed by atoms with van der Waals surface area (Å²) in [5.74, 6) is 1.93. The van der Waals surface area contributed by atoms with E-state index in [-0.39, 0.29) is 5.76 Å². The summed E-state index contributed by atoms with van der Waals surface area (Å²) in [5.41, 5.74) is 0. The van der Waals surface area contributed by atoms with Crippen LogP contribution in [0, 0.1) is 0 Å². The first-order chi connectivity index (χ1) is 8.36. The minimum absolute atomic E-state index is 0.270. The summed E-state index contributed by atoms with van der Waals surface area (Å²) in [6.07, 6.45) is 0.209. The van der Waals surface area contributed by atoms with Crippen LogP contribution >= 0.6 is 0 Å². The number of hydrogen-bond acceptors (Lipinski definition) is 5. The van der Waals surface area contributed by atoms with E-state index >= 15 is 0 Å². The quantitative estimate of drug-likeness (QED) is 0.763. The molecule has 0 unspecified atom stereocenters. The molecule has 17 heavy (non-hydrogen) atoms.